The highest BCUT2D eigenvalue weighted by atomic mass is 16.6. The molecule has 7 heteroatoms. The highest BCUT2D eigenvalue weighted by molar-refractivity contribution is 5.95. The molecule has 7 nitrogen and oxygen atoms in total. The highest BCUT2D eigenvalue weighted by Crippen LogP contribution is 2.29. The predicted octanol–water partition coefficient (Wildman–Crippen LogP) is 1.77. The van der Waals surface area contributed by atoms with Gasteiger partial charge in [0.25, 0.3) is 5.69 Å². The van der Waals surface area contributed by atoms with Gasteiger partial charge >= 0.3 is 0 Å². The number of benzene rings is 1. The minimum Gasteiger partial charge on any atom is -0.496 e. The number of methoxy groups -OCH3 is 1. The molecule has 0 spiro atoms. The molecule has 1 rings (SSSR count). The lowest BCUT2D eigenvalue weighted by Crippen LogP contribution is -2.33. The zero-order chi connectivity index (χ0) is 15.3. The summed E-state index contributed by atoms with van der Waals surface area (Å²) in [5.41, 5.74) is 5.48. The summed E-state index contributed by atoms with van der Waals surface area (Å²) in [4.78, 5) is 22.5. The number of carbonyl (C=O) groups is 1. The van der Waals surface area contributed by atoms with Crippen molar-refractivity contribution in [3.8, 4) is 5.75 Å². The van der Waals surface area contributed by atoms with Crippen molar-refractivity contribution in [3.05, 3.63) is 28.3 Å². The molecule has 1 aromatic rings. The van der Waals surface area contributed by atoms with Crippen LogP contribution in [-0.2, 0) is 4.79 Å². The number of anilines is 1. The first-order valence-electron chi connectivity index (χ1n) is 6.24. The van der Waals surface area contributed by atoms with Crippen molar-refractivity contribution in [2.45, 2.75) is 13.8 Å². The molecule has 0 aliphatic carbocycles. The molecule has 0 aliphatic rings. The quantitative estimate of drug-likeness (QED) is 0.610. The molecular formula is C13H19N3O4. The Labute approximate surface area is 117 Å². The van der Waals surface area contributed by atoms with Gasteiger partial charge in [-0.05, 0) is 18.1 Å². The molecule has 1 amide bonds. The Hall–Kier alpha value is -2.15. The van der Waals surface area contributed by atoms with Crippen molar-refractivity contribution in [2.24, 2.45) is 17.6 Å². The van der Waals surface area contributed by atoms with Gasteiger partial charge in [-0.25, -0.2) is 0 Å². The second-order valence-corrected chi connectivity index (χ2v) is 4.72. The van der Waals surface area contributed by atoms with Crippen LogP contribution in [0.15, 0.2) is 18.2 Å². The molecule has 110 valence electrons. The molecule has 20 heavy (non-hydrogen) atoms. The first kappa shape index (κ1) is 15.9. The third kappa shape index (κ3) is 3.67. The maximum Gasteiger partial charge on any atom is 0.296 e. The Morgan fingerprint density at radius 1 is 1.50 bits per heavy atom. The summed E-state index contributed by atoms with van der Waals surface area (Å²) in [6.07, 6.45) is 0. The fraction of sp³-hybridized carbons (Fsp3) is 0.462. The average Bonchev–Trinajstić information content (AvgIpc) is 2.39. The number of nitrogens with zero attached hydrogens (tertiary/aromatic N) is 1. The van der Waals surface area contributed by atoms with Crippen molar-refractivity contribution in [1.82, 2.24) is 0 Å². The van der Waals surface area contributed by atoms with Crippen LogP contribution in [0, 0.1) is 22.0 Å². The zero-order valence-electron chi connectivity index (χ0n) is 11.8. The Bertz CT molecular complexity index is 502. The number of amides is 1. The number of rotatable bonds is 6. The number of nitro benzene ring substituents is 1. The zero-order valence-corrected chi connectivity index (χ0v) is 11.8. The standard InChI is InChI=1S/C13H19N3O4/c1-8(2)10(7-14)13(17)15-11-5-4-9(20-3)6-12(11)16(18)19/h4-6,8,10H,7,14H2,1-3H3,(H,15,17). The lowest BCUT2D eigenvalue weighted by molar-refractivity contribution is -0.384. The number of carbonyl (C=O) groups excluding carboxylic acids is 1. The summed E-state index contributed by atoms with van der Waals surface area (Å²) in [7, 11) is 1.42. The summed E-state index contributed by atoms with van der Waals surface area (Å²) in [6, 6.07) is 4.26. The largest absolute Gasteiger partial charge is 0.496 e. The molecule has 1 unspecified atom stereocenters. The molecule has 0 heterocycles. The van der Waals surface area contributed by atoms with E-state index in [1.54, 1.807) is 6.07 Å². The van der Waals surface area contributed by atoms with Crippen LogP contribution in [-0.4, -0.2) is 24.5 Å². The fourth-order valence-electron chi connectivity index (χ4n) is 1.80. The Kier molecular flexibility index (Phi) is 5.45. The van der Waals surface area contributed by atoms with E-state index in [-0.39, 0.29) is 29.7 Å². The van der Waals surface area contributed by atoms with Crippen LogP contribution >= 0.6 is 0 Å². The third-order valence-electron chi connectivity index (χ3n) is 3.05. The Balaban J connectivity index is 3.02. The van der Waals surface area contributed by atoms with E-state index in [0.29, 0.717) is 5.75 Å². The molecule has 0 saturated heterocycles. The third-order valence-corrected chi connectivity index (χ3v) is 3.05. The Morgan fingerprint density at radius 2 is 2.15 bits per heavy atom. The number of hydrogen-bond acceptors (Lipinski definition) is 5. The van der Waals surface area contributed by atoms with Crippen molar-refractivity contribution >= 4 is 17.3 Å². The molecule has 3 N–H and O–H groups in total. The lowest BCUT2D eigenvalue weighted by atomic mass is 9.95. The Morgan fingerprint density at radius 3 is 2.60 bits per heavy atom. The van der Waals surface area contributed by atoms with Crippen LogP contribution < -0.4 is 15.8 Å². The molecular weight excluding hydrogens is 262 g/mol. The molecule has 0 fully saturated rings. The average molecular weight is 281 g/mol. The van der Waals surface area contributed by atoms with Crippen LogP contribution in [0.25, 0.3) is 0 Å². The molecule has 0 saturated carbocycles. The van der Waals surface area contributed by atoms with E-state index in [4.69, 9.17) is 10.5 Å². The van der Waals surface area contributed by atoms with Gasteiger partial charge in [0.2, 0.25) is 5.91 Å². The molecule has 1 aromatic carbocycles. The van der Waals surface area contributed by atoms with Gasteiger partial charge < -0.3 is 15.8 Å². The van der Waals surface area contributed by atoms with E-state index in [9.17, 15) is 14.9 Å². The first-order valence-corrected chi connectivity index (χ1v) is 6.24. The van der Waals surface area contributed by atoms with Crippen molar-refractivity contribution in [3.63, 3.8) is 0 Å². The molecule has 0 radical (unpaired) electrons. The van der Waals surface area contributed by atoms with Crippen LogP contribution in [0.1, 0.15) is 13.8 Å². The second-order valence-electron chi connectivity index (χ2n) is 4.72. The molecule has 1 atom stereocenters. The maximum absolute atomic E-state index is 12.1. The monoisotopic (exact) mass is 281 g/mol. The van der Waals surface area contributed by atoms with E-state index in [1.165, 1.54) is 19.2 Å². The smallest absolute Gasteiger partial charge is 0.296 e. The first-order chi connectivity index (χ1) is 9.40. The van der Waals surface area contributed by atoms with E-state index in [2.05, 4.69) is 5.32 Å². The topological polar surface area (TPSA) is 107 Å². The van der Waals surface area contributed by atoms with Crippen LogP contribution in [0.3, 0.4) is 0 Å². The normalized spacial score (nSPS) is 12.1. The van der Waals surface area contributed by atoms with Gasteiger partial charge in [0, 0.05) is 6.54 Å². The molecule has 0 aliphatic heterocycles. The van der Waals surface area contributed by atoms with E-state index >= 15 is 0 Å². The van der Waals surface area contributed by atoms with E-state index < -0.39 is 10.8 Å². The summed E-state index contributed by atoms with van der Waals surface area (Å²) >= 11 is 0. The van der Waals surface area contributed by atoms with Crippen molar-refractivity contribution in [1.29, 1.82) is 0 Å². The number of nitrogens with one attached hydrogen (secondary N) is 1. The summed E-state index contributed by atoms with van der Waals surface area (Å²) in [6.45, 7) is 3.94. The van der Waals surface area contributed by atoms with Crippen molar-refractivity contribution < 1.29 is 14.5 Å². The minimum atomic E-state index is -0.565. The maximum atomic E-state index is 12.1. The van der Waals surface area contributed by atoms with E-state index in [1.807, 2.05) is 13.8 Å². The summed E-state index contributed by atoms with van der Waals surface area (Å²) in [5, 5.41) is 13.6. The van der Waals surface area contributed by atoms with Crippen LogP contribution in [0.5, 0.6) is 5.75 Å². The van der Waals surface area contributed by atoms with Gasteiger partial charge in [-0.2, -0.15) is 0 Å². The number of hydrogen-bond donors (Lipinski definition) is 2. The van der Waals surface area contributed by atoms with Crippen LogP contribution in [0.2, 0.25) is 0 Å². The SMILES string of the molecule is COc1ccc(NC(=O)C(CN)C(C)C)c([N+](=O)[O-])c1. The van der Waals surface area contributed by atoms with Crippen molar-refractivity contribution in [2.75, 3.05) is 19.0 Å². The van der Waals surface area contributed by atoms with Gasteiger partial charge in [0.15, 0.2) is 0 Å². The highest BCUT2D eigenvalue weighted by Gasteiger charge is 2.24. The number of nitrogens with two attached hydrogens (primary N) is 1. The van der Waals surface area contributed by atoms with Gasteiger partial charge in [0.1, 0.15) is 11.4 Å². The predicted molar refractivity (Wildman–Crippen MR) is 75.7 cm³/mol. The molecule has 0 bridgehead atoms. The second kappa shape index (κ2) is 6.85. The number of ether oxygens (including phenoxy) is 1. The van der Waals surface area contributed by atoms with Gasteiger partial charge in [0.05, 0.1) is 24.0 Å². The lowest BCUT2D eigenvalue weighted by Gasteiger charge is -2.18. The van der Waals surface area contributed by atoms with E-state index in [0.717, 1.165) is 0 Å². The number of nitro groups is 1. The minimum absolute atomic E-state index is 0.0531. The van der Waals surface area contributed by atoms with Gasteiger partial charge in [-0.1, -0.05) is 13.8 Å². The fourth-order valence-corrected chi connectivity index (χ4v) is 1.80. The summed E-state index contributed by atoms with van der Waals surface area (Å²) < 4.78 is 4.93. The summed E-state index contributed by atoms with van der Waals surface area (Å²) in [5.74, 6) is -0.307. The van der Waals surface area contributed by atoms with Gasteiger partial charge in [-0.15, -0.1) is 0 Å². The van der Waals surface area contributed by atoms with Crippen LogP contribution in [0.4, 0.5) is 11.4 Å². The molecule has 0 aromatic heterocycles. The van der Waals surface area contributed by atoms with Gasteiger partial charge in [-0.3, -0.25) is 14.9 Å².